The van der Waals surface area contributed by atoms with Crippen molar-refractivity contribution in [2.45, 2.75) is 56.1 Å². The topological polar surface area (TPSA) is 154 Å². The number of carbonyl (C=O) groups is 4. The van der Waals surface area contributed by atoms with Crippen molar-refractivity contribution in [2.24, 2.45) is 35.0 Å². The van der Waals surface area contributed by atoms with Crippen LogP contribution in [0.1, 0.15) is 26.7 Å². The fourth-order valence-corrected chi connectivity index (χ4v) is 8.68. The van der Waals surface area contributed by atoms with Crippen molar-refractivity contribution in [1.29, 1.82) is 5.26 Å². The maximum absolute atomic E-state index is 15.5. The van der Waals surface area contributed by atoms with E-state index in [0.717, 1.165) is 0 Å². The van der Waals surface area contributed by atoms with Crippen molar-refractivity contribution in [3.63, 3.8) is 0 Å². The van der Waals surface area contributed by atoms with E-state index in [1.54, 1.807) is 32.1 Å². The standard InChI is InChI=1S/C30H33FN6O6/c1-5-28(2,3)22(34-27(41)42-4)25(39)36-12-16-15-10-30(31)19(15)20(30)18(16)21(36)24(38)37-13-29(9-14(37)11-32)26(40)35-23-17(43-29)7-6-8-33-23/h5-8,14-16,18-22H,1,9-10,12-13H2,2-4H3,(H,34,41)(H,33,35,40)/t14-,15-,16?,18+,19?,20+,21-,22+,29+,30+/m0/s1. The highest BCUT2D eigenvalue weighted by molar-refractivity contribution is 6.01. The lowest BCUT2D eigenvalue weighted by Gasteiger charge is -2.38. The van der Waals surface area contributed by atoms with Crippen LogP contribution in [0.15, 0.2) is 31.0 Å². The first-order chi connectivity index (χ1) is 20.4. The molecule has 2 unspecified atom stereocenters. The summed E-state index contributed by atoms with van der Waals surface area (Å²) in [7, 11) is 1.19. The summed E-state index contributed by atoms with van der Waals surface area (Å²) in [6, 6.07) is 2.23. The Bertz CT molecular complexity index is 1510. The summed E-state index contributed by atoms with van der Waals surface area (Å²) < 4.78 is 26.4. The van der Waals surface area contributed by atoms with Crippen LogP contribution in [0.4, 0.5) is 15.0 Å². The van der Waals surface area contributed by atoms with E-state index >= 15 is 4.39 Å². The summed E-state index contributed by atoms with van der Waals surface area (Å²) in [6.07, 6.45) is 2.58. The number of pyridine rings is 1. The van der Waals surface area contributed by atoms with Crippen LogP contribution in [0.25, 0.3) is 0 Å². The van der Waals surface area contributed by atoms with Gasteiger partial charge in [-0.15, -0.1) is 6.58 Å². The Morgan fingerprint density at radius 2 is 2.09 bits per heavy atom. The van der Waals surface area contributed by atoms with E-state index in [9.17, 15) is 24.4 Å². The molecule has 5 fully saturated rings. The zero-order chi connectivity index (χ0) is 30.6. The van der Waals surface area contributed by atoms with Crippen molar-refractivity contribution in [3.8, 4) is 11.8 Å². The van der Waals surface area contributed by atoms with Gasteiger partial charge in [0.1, 0.15) is 23.8 Å². The van der Waals surface area contributed by atoms with E-state index in [1.165, 1.54) is 23.1 Å². The molecule has 13 heteroatoms. The first-order valence-electron chi connectivity index (χ1n) is 14.5. The van der Waals surface area contributed by atoms with E-state index in [4.69, 9.17) is 9.47 Å². The molecular formula is C30H33FN6O6. The normalized spacial score (nSPS) is 38.4. The Morgan fingerprint density at radius 1 is 1.33 bits per heavy atom. The molecule has 4 heterocycles. The van der Waals surface area contributed by atoms with Gasteiger partial charge in [-0.05, 0) is 36.3 Å². The minimum absolute atomic E-state index is 0.0701. The fraction of sp³-hybridized carbons (Fsp3) is 0.600. The number of hydrogen-bond donors (Lipinski definition) is 2. The number of nitrogens with zero attached hydrogens (tertiary/aromatic N) is 4. The first kappa shape index (κ1) is 27.6. The number of alkyl carbamates (subject to hydrolysis) is 1. The van der Waals surface area contributed by atoms with Gasteiger partial charge < -0.3 is 29.9 Å². The third-order valence-electron chi connectivity index (χ3n) is 10.9. The number of alkyl halides is 1. The van der Waals surface area contributed by atoms with Gasteiger partial charge in [-0.1, -0.05) is 19.9 Å². The van der Waals surface area contributed by atoms with Crippen LogP contribution in [-0.2, 0) is 19.1 Å². The lowest BCUT2D eigenvalue weighted by atomic mass is 9.69. The third kappa shape index (κ3) is 3.61. The second kappa shape index (κ2) is 8.90. The van der Waals surface area contributed by atoms with Crippen LogP contribution in [0.3, 0.4) is 0 Å². The maximum Gasteiger partial charge on any atom is 0.407 e. The van der Waals surface area contributed by atoms with Gasteiger partial charge in [-0.25, -0.2) is 14.2 Å². The van der Waals surface area contributed by atoms with Crippen molar-refractivity contribution in [1.82, 2.24) is 20.1 Å². The number of methoxy groups -OCH3 is 1. The first-order valence-corrected chi connectivity index (χ1v) is 14.5. The summed E-state index contributed by atoms with van der Waals surface area (Å²) in [4.78, 5) is 61.4. The number of nitriles is 1. The second-order valence-electron chi connectivity index (χ2n) is 13.3. The van der Waals surface area contributed by atoms with Gasteiger partial charge in [-0.3, -0.25) is 14.4 Å². The number of fused-ring (bicyclic) bond motifs is 5. The van der Waals surface area contributed by atoms with Gasteiger partial charge in [0, 0.05) is 36.4 Å². The highest BCUT2D eigenvalue weighted by Gasteiger charge is 2.87. The van der Waals surface area contributed by atoms with Gasteiger partial charge >= 0.3 is 6.09 Å². The Morgan fingerprint density at radius 3 is 2.79 bits per heavy atom. The van der Waals surface area contributed by atoms with Crippen LogP contribution in [0.5, 0.6) is 5.75 Å². The van der Waals surface area contributed by atoms with Gasteiger partial charge in [0.15, 0.2) is 11.6 Å². The Balaban J connectivity index is 1.23. The summed E-state index contributed by atoms with van der Waals surface area (Å²) in [5.74, 6) is -1.90. The number of carbonyl (C=O) groups excluding carboxylic acids is 4. The van der Waals surface area contributed by atoms with Crippen LogP contribution < -0.4 is 15.4 Å². The lowest BCUT2D eigenvalue weighted by Crippen LogP contribution is -2.60. The molecule has 2 N–H and O–H groups in total. The zero-order valence-corrected chi connectivity index (χ0v) is 24.1. The minimum Gasteiger partial charge on any atom is -0.472 e. The summed E-state index contributed by atoms with van der Waals surface area (Å²) in [5.41, 5.74) is -3.78. The molecule has 1 aromatic rings. The summed E-state index contributed by atoms with van der Waals surface area (Å²) >= 11 is 0. The number of amides is 4. The van der Waals surface area contributed by atoms with Gasteiger partial charge in [0.05, 0.1) is 19.7 Å². The quantitative estimate of drug-likeness (QED) is 0.490. The predicted molar refractivity (Wildman–Crippen MR) is 147 cm³/mol. The van der Waals surface area contributed by atoms with Crippen LogP contribution >= 0.6 is 0 Å². The molecular weight excluding hydrogens is 559 g/mol. The maximum atomic E-state index is 15.5. The summed E-state index contributed by atoms with van der Waals surface area (Å²) in [6.45, 7) is 7.30. The molecule has 4 amide bonds. The number of aromatic nitrogens is 1. The largest absolute Gasteiger partial charge is 0.472 e. The molecule has 7 rings (SSSR count). The summed E-state index contributed by atoms with van der Waals surface area (Å²) in [5, 5.41) is 15.5. The van der Waals surface area contributed by atoms with E-state index < -0.39 is 64.5 Å². The monoisotopic (exact) mass is 592 g/mol. The van der Waals surface area contributed by atoms with Crippen LogP contribution in [-0.4, -0.2) is 88.2 Å². The molecule has 6 aliphatic rings. The van der Waals surface area contributed by atoms with Crippen LogP contribution in [0, 0.1) is 46.3 Å². The number of rotatable bonds is 5. The van der Waals surface area contributed by atoms with Crippen molar-refractivity contribution in [2.75, 3.05) is 25.5 Å². The van der Waals surface area contributed by atoms with E-state index in [2.05, 4.69) is 28.3 Å². The average molecular weight is 593 g/mol. The van der Waals surface area contributed by atoms with Gasteiger partial charge in [0.2, 0.25) is 17.4 Å². The smallest absolute Gasteiger partial charge is 0.407 e. The molecule has 3 saturated carbocycles. The number of anilines is 1. The zero-order valence-electron chi connectivity index (χ0n) is 24.1. The fourth-order valence-electron chi connectivity index (χ4n) is 8.68. The highest BCUT2D eigenvalue weighted by atomic mass is 19.1. The number of ether oxygens (including phenoxy) is 2. The molecule has 0 aromatic carbocycles. The van der Waals surface area contributed by atoms with Crippen molar-refractivity contribution in [3.05, 3.63) is 31.0 Å². The molecule has 43 heavy (non-hydrogen) atoms. The number of nitrogens with one attached hydrogen (secondary N) is 2. The van der Waals surface area contributed by atoms with Crippen LogP contribution in [0.2, 0.25) is 0 Å². The SMILES string of the molecule is C=CC(C)(C)[C@H](NC(=O)OC)C(=O)N1CC2[C@@H]3C[C@@]4(F)C3[C@H]4[C@@H]2[C@H]1C(=O)N1C[C@@]2(C[C@H]1C#N)Oc1cccnc1NC2=O. The molecule has 226 valence electrons. The van der Waals surface area contributed by atoms with Gasteiger partial charge in [0.25, 0.3) is 5.91 Å². The van der Waals surface area contributed by atoms with E-state index in [-0.39, 0.29) is 49.0 Å². The molecule has 3 aliphatic carbocycles. The number of likely N-dealkylation sites (tertiary alicyclic amines) is 2. The molecule has 10 atom stereocenters. The highest BCUT2D eigenvalue weighted by Crippen LogP contribution is 2.82. The number of halogens is 1. The Labute approximate surface area is 247 Å². The van der Waals surface area contributed by atoms with Gasteiger partial charge in [-0.2, -0.15) is 5.26 Å². The third-order valence-corrected chi connectivity index (χ3v) is 10.9. The Kier molecular flexibility index (Phi) is 5.72. The van der Waals surface area contributed by atoms with Crippen molar-refractivity contribution < 1.29 is 33.0 Å². The molecule has 2 saturated heterocycles. The molecule has 1 spiro atoms. The average Bonchev–Trinajstić information content (AvgIpc) is 3.41. The van der Waals surface area contributed by atoms with E-state index in [1.807, 2.05) is 0 Å². The Hall–Kier alpha value is -4.21. The molecule has 0 radical (unpaired) electrons. The lowest BCUT2D eigenvalue weighted by molar-refractivity contribution is -0.148. The molecule has 1 aromatic heterocycles. The minimum atomic E-state index is -1.53. The number of hydrogen-bond acceptors (Lipinski definition) is 8. The predicted octanol–water partition coefficient (Wildman–Crippen LogP) is 1.64. The molecule has 3 aliphatic heterocycles. The second-order valence-corrected chi connectivity index (χ2v) is 13.3. The van der Waals surface area contributed by atoms with E-state index in [0.29, 0.717) is 12.2 Å². The van der Waals surface area contributed by atoms with Crippen molar-refractivity contribution >= 4 is 29.6 Å². The molecule has 12 nitrogen and oxygen atoms in total. The molecule has 0 bridgehead atoms.